The van der Waals surface area contributed by atoms with Gasteiger partial charge in [-0.2, -0.15) is 0 Å². The number of pyridine rings is 2. The fourth-order valence-corrected chi connectivity index (χ4v) is 1.78. The van der Waals surface area contributed by atoms with Crippen molar-refractivity contribution in [2.24, 2.45) is 5.73 Å². The van der Waals surface area contributed by atoms with Gasteiger partial charge in [-0.3, -0.25) is 4.98 Å². The minimum atomic E-state index is -0.0196. The third kappa shape index (κ3) is 3.29. The molecule has 100 valence electrons. The van der Waals surface area contributed by atoms with Gasteiger partial charge in [-0.05, 0) is 38.0 Å². The minimum Gasteiger partial charge on any atom is -0.437 e. The highest BCUT2D eigenvalue weighted by atomic mass is 16.5. The molecule has 0 aliphatic carbocycles. The van der Waals surface area contributed by atoms with Crippen molar-refractivity contribution >= 4 is 0 Å². The van der Waals surface area contributed by atoms with Crippen molar-refractivity contribution < 1.29 is 4.74 Å². The number of rotatable bonds is 4. The van der Waals surface area contributed by atoms with Crippen LogP contribution in [0.25, 0.3) is 0 Å². The molecule has 0 amide bonds. The van der Waals surface area contributed by atoms with Gasteiger partial charge in [0.05, 0.1) is 5.69 Å². The van der Waals surface area contributed by atoms with Crippen LogP contribution in [0.4, 0.5) is 0 Å². The lowest BCUT2D eigenvalue weighted by Crippen LogP contribution is -2.05. The molecule has 2 rings (SSSR count). The molecule has 0 spiro atoms. The summed E-state index contributed by atoms with van der Waals surface area (Å²) in [5.74, 6) is 1.32. The van der Waals surface area contributed by atoms with Gasteiger partial charge in [0.1, 0.15) is 0 Å². The predicted octanol–water partition coefficient (Wildman–Crippen LogP) is 3.16. The number of hydrogen-bond donors (Lipinski definition) is 1. The first-order valence-corrected chi connectivity index (χ1v) is 6.46. The molecule has 0 radical (unpaired) electrons. The van der Waals surface area contributed by atoms with Crippen LogP contribution in [-0.4, -0.2) is 9.97 Å². The Morgan fingerprint density at radius 3 is 2.63 bits per heavy atom. The number of nitrogens with zero attached hydrogens (tertiary/aromatic N) is 2. The third-order valence-corrected chi connectivity index (χ3v) is 2.91. The zero-order valence-corrected chi connectivity index (χ0v) is 11.6. The van der Waals surface area contributed by atoms with Crippen LogP contribution in [0.1, 0.15) is 36.8 Å². The Kier molecular flexibility index (Phi) is 4.12. The summed E-state index contributed by atoms with van der Waals surface area (Å²) in [6.45, 7) is 5.95. The molecule has 0 aromatic carbocycles. The van der Waals surface area contributed by atoms with Gasteiger partial charge in [0.15, 0.2) is 5.75 Å². The molecule has 2 aromatic rings. The average Bonchev–Trinajstić information content (AvgIpc) is 2.41. The second kappa shape index (κ2) is 5.80. The third-order valence-electron chi connectivity index (χ3n) is 2.91. The van der Waals surface area contributed by atoms with Crippen LogP contribution in [0.15, 0.2) is 30.5 Å². The van der Waals surface area contributed by atoms with E-state index in [1.54, 1.807) is 6.20 Å². The van der Waals surface area contributed by atoms with E-state index < -0.39 is 0 Å². The molecule has 2 aromatic heterocycles. The van der Waals surface area contributed by atoms with Gasteiger partial charge in [-0.25, -0.2) is 4.98 Å². The second-order valence-corrected chi connectivity index (χ2v) is 4.57. The lowest BCUT2D eigenvalue weighted by Gasteiger charge is -2.10. The molecule has 2 N–H and O–H groups in total. The summed E-state index contributed by atoms with van der Waals surface area (Å²) >= 11 is 0. The van der Waals surface area contributed by atoms with Crippen molar-refractivity contribution in [2.75, 3.05) is 0 Å². The maximum atomic E-state index is 5.79. The Bertz CT molecular complexity index is 550. The molecule has 4 heteroatoms. The number of nitrogens with two attached hydrogens (primary N) is 1. The van der Waals surface area contributed by atoms with Crippen LogP contribution < -0.4 is 10.5 Å². The fraction of sp³-hybridized carbons (Fsp3) is 0.333. The smallest absolute Gasteiger partial charge is 0.219 e. The molecule has 0 fully saturated rings. The Hall–Kier alpha value is -1.94. The standard InChI is InChI=1S/C15H19N3O/c1-4-13-14(7-5-10(2)18-13)19-15-8-6-12(9-17-15)11(3)16/h5-9,11H,4,16H2,1-3H3/t11-/m1/s1. The Morgan fingerprint density at radius 2 is 2.05 bits per heavy atom. The summed E-state index contributed by atoms with van der Waals surface area (Å²) in [5, 5.41) is 0. The molecular weight excluding hydrogens is 238 g/mol. The number of aromatic nitrogens is 2. The largest absolute Gasteiger partial charge is 0.437 e. The van der Waals surface area contributed by atoms with Crippen LogP contribution in [0.5, 0.6) is 11.6 Å². The predicted molar refractivity (Wildman–Crippen MR) is 75.3 cm³/mol. The summed E-state index contributed by atoms with van der Waals surface area (Å²) in [7, 11) is 0. The first-order valence-electron chi connectivity index (χ1n) is 6.46. The first kappa shape index (κ1) is 13.5. The van der Waals surface area contributed by atoms with Crippen LogP contribution in [0.3, 0.4) is 0 Å². The van der Waals surface area contributed by atoms with Gasteiger partial charge in [-0.15, -0.1) is 0 Å². The summed E-state index contributed by atoms with van der Waals surface area (Å²) in [4.78, 5) is 8.72. The van der Waals surface area contributed by atoms with Crippen molar-refractivity contribution in [1.82, 2.24) is 9.97 Å². The van der Waals surface area contributed by atoms with Gasteiger partial charge in [0.25, 0.3) is 0 Å². The first-order chi connectivity index (χ1) is 9.10. The van der Waals surface area contributed by atoms with Crippen molar-refractivity contribution in [1.29, 1.82) is 0 Å². The van der Waals surface area contributed by atoms with Gasteiger partial charge < -0.3 is 10.5 Å². The van der Waals surface area contributed by atoms with E-state index in [0.29, 0.717) is 5.88 Å². The second-order valence-electron chi connectivity index (χ2n) is 4.57. The van der Waals surface area contributed by atoms with Crippen LogP contribution in [0.2, 0.25) is 0 Å². The van der Waals surface area contributed by atoms with Gasteiger partial charge >= 0.3 is 0 Å². The number of aryl methyl sites for hydroxylation is 2. The molecule has 19 heavy (non-hydrogen) atoms. The molecule has 0 aliphatic rings. The number of ether oxygens (including phenoxy) is 1. The van der Waals surface area contributed by atoms with Crippen molar-refractivity contribution in [2.45, 2.75) is 33.2 Å². The lowest BCUT2D eigenvalue weighted by molar-refractivity contribution is 0.453. The lowest BCUT2D eigenvalue weighted by atomic mass is 10.2. The highest BCUT2D eigenvalue weighted by Gasteiger charge is 2.07. The molecule has 0 bridgehead atoms. The number of hydrogen-bond acceptors (Lipinski definition) is 4. The quantitative estimate of drug-likeness (QED) is 0.914. The van der Waals surface area contributed by atoms with Crippen molar-refractivity contribution in [3.05, 3.63) is 47.4 Å². The Labute approximate surface area is 113 Å². The van der Waals surface area contributed by atoms with E-state index in [1.807, 2.05) is 38.1 Å². The molecule has 0 unspecified atom stereocenters. The topological polar surface area (TPSA) is 61.0 Å². The molecule has 0 saturated carbocycles. The fourth-order valence-electron chi connectivity index (χ4n) is 1.78. The van der Waals surface area contributed by atoms with E-state index in [9.17, 15) is 0 Å². The summed E-state index contributed by atoms with van der Waals surface area (Å²) < 4.78 is 5.78. The highest BCUT2D eigenvalue weighted by Crippen LogP contribution is 2.24. The maximum absolute atomic E-state index is 5.79. The molecule has 1 atom stereocenters. The van der Waals surface area contributed by atoms with Gasteiger partial charge in [-0.1, -0.05) is 13.0 Å². The van der Waals surface area contributed by atoms with Crippen LogP contribution in [0, 0.1) is 6.92 Å². The molecule has 4 nitrogen and oxygen atoms in total. The summed E-state index contributed by atoms with van der Waals surface area (Å²) in [6, 6.07) is 7.61. The maximum Gasteiger partial charge on any atom is 0.219 e. The van der Waals surface area contributed by atoms with Gasteiger partial charge in [0, 0.05) is 24.0 Å². The molecule has 2 heterocycles. The SMILES string of the molecule is CCc1nc(C)ccc1Oc1ccc([C@@H](C)N)cn1. The van der Waals surface area contributed by atoms with E-state index >= 15 is 0 Å². The van der Waals surface area contributed by atoms with Crippen molar-refractivity contribution in [3.8, 4) is 11.6 Å². The normalized spacial score (nSPS) is 12.2. The van der Waals surface area contributed by atoms with E-state index in [1.165, 1.54) is 0 Å². The summed E-state index contributed by atoms with van der Waals surface area (Å²) in [6.07, 6.45) is 2.57. The average molecular weight is 257 g/mol. The minimum absolute atomic E-state index is 0.0196. The van der Waals surface area contributed by atoms with E-state index in [-0.39, 0.29) is 6.04 Å². The Balaban J connectivity index is 2.21. The van der Waals surface area contributed by atoms with Crippen molar-refractivity contribution in [3.63, 3.8) is 0 Å². The van der Waals surface area contributed by atoms with E-state index in [2.05, 4.69) is 16.9 Å². The highest BCUT2D eigenvalue weighted by molar-refractivity contribution is 5.33. The van der Waals surface area contributed by atoms with E-state index in [0.717, 1.165) is 29.1 Å². The summed E-state index contributed by atoms with van der Waals surface area (Å²) in [5.41, 5.74) is 8.71. The molecule has 0 aliphatic heterocycles. The van der Waals surface area contributed by atoms with E-state index in [4.69, 9.17) is 10.5 Å². The Morgan fingerprint density at radius 1 is 1.26 bits per heavy atom. The van der Waals surface area contributed by atoms with Gasteiger partial charge in [0.2, 0.25) is 5.88 Å². The zero-order chi connectivity index (χ0) is 13.8. The zero-order valence-electron chi connectivity index (χ0n) is 11.6. The van der Waals surface area contributed by atoms with Crippen LogP contribution >= 0.6 is 0 Å². The van der Waals surface area contributed by atoms with Crippen LogP contribution in [-0.2, 0) is 6.42 Å². The molecular formula is C15H19N3O. The molecule has 0 saturated heterocycles. The monoisotopic (exact) mass is 257 g/mol.